The summed E-state index contributed by atoms with van der Waals surface area (Å²) in [6, 6.07) is 6.72. The van der Waals surface area contributed by atoms with Gasteiger partial charge in [-0.15, -0.1) is 0 Å². The quantitative estimate of drug-likeness (QED) is 0.513. The Morgan fingerprint density at radius 1 is 1.45 bits per heavy atom. The van der Waals surface area contributed by atoms with Gasteiger partial charge in [0.15, 0.2) is 17.9 Å². The average molecular weight is 151 g/mol. The van der Waals surface area contributed by atoms with E-state index in [-0.39, 0.29) is 5.75 Å². The number of nitrogens with zero attached hydrogens (tertiary/aromatic N) is 1. The topological polar surface area (TPSA) is 41.8 Å². The SMILES string of the molecule is CN=COc1ccccc1O. The van der Waals surface area contributed by atoms with Gasteiger partial charge in [0.2, 0.25) is 0 Å². The van der Waals surface area contributed by atoms with Crippen molar-refractivity contribution >= 4 is 6.40 Å². The van der Waals surface area contributed by atoms with E-state index in [4.69, 9.17) is 9.84 Å². The molecule has 0 heterocycles. The van der Waals surface area contributed by atoms with Crippen LogP contribution >= 0.6 is 0 Å². The molecule has 1 N–H and O–H groups in total. The number of ether oxygens (including phenoxy) is 1. The molecular formula is C8H9NO2. The zero-order valence-electron chi connectivity index (χ0n) is 6.19. The van der Waals surface area contributed by atoms with Crippen molar-refractivity contribution in [2.45, 2.75) is 0 Å². The van der Waals surface area contributed by atoms with E-state index in [0.29, 0.717) is 5.75 Å². The Morgan fingerprint density at radius 2 is 2.18 bits per heavy atom. The fourth-order valence-electron chi connectivity index (χ4n) is 0.666. The largest absolute Gasteiger partial charge is 0.504 e. The van der Waals surface area contributed by atoms with Crippen LogP contribution in [0.15, 0.2) is 29.3 Å². The van der Waals surface area contributed by atoms with Gasteiger partial charge in [-0.3, -0.25) is 4.99 Å². The van der Waals surface area contributed by atoms with Gasteiger partial charge in [-0.1, -0.05) is 12.1 Å². The molecule has 0 saturated carbocycles. The summed E-state index contributed by atoms with van der Waals surface area (Å²) in [5.41, 5.74) is 0. The lowest BCUT2D eigenvalue weighted by atomic mass is 10.3. The number of hydrogen-bond donors (Lipinski definition) is 1. The minimum absolute atomic E-state index is 0.118. The second kappa shape index (κ2) is 3.61. The van der Waals surface area contributed by atoms with Crippen molar-refractivity contribution < 1.29 is 9.84 Å². The molecule has 0 fully saturated rings. The predicted molar refractivity (Wildman–Crippen MR) is 43.2 cm³/mol. The van der Waals surface area contributed by atoms with Crippen molar-refractivity contribution in [2.24, 2.45) is 4.99 Å². The Hall–Kier alpha value is -1.51. The van der Waals surface area contributed by atoms with Crippen LogP contribution in [0, 0.1) is 0 Å². The molecule has 1 aromatic carbocycles. The Balaban J connectivity index is 2.77. The van der Waals surface area contributed by atoms with Crippen LogP contribution in [-0.4, -0.2) is 18.6 Å². The third kappa shape index (κ3) is 1.97. The molecule has 0 radical (unpaired) electrons. The van der Waals surface area contributed by atoms with Gasteiger partial charge in [-0.05, 0) is 12.1 Å². The highest BCUT2D eigenvalue weighted by molar-refractivity contribution is 5.54. The molecule has 3 heteroatoms. The van der Waals surface area contributed by atoms with Crippen molar-refractivity contribution in [1.29, 1.82) is 0 Å². The van der Waals surface area contributed by atoms with Gasteiger partial charge < -0.3 is 9.84 Å². The second-order valence-electron chi connectivity index (χ2n) is 1.95. The molecule has 0 aliphatic carbocycles. The maximum Gasteiger partial charge on any atom is 0.176 e. The lowest BCUT2D eigenvalue weighted by Crippen LogP contribution is -1.88. The van der Waals surface area contributed by atoms with Crippen LogP contribution in [0.5, 0.6) is 11.5 Å². The van der Waals surface area contributed by atoms with Crippen molar-refractivity contribution in [2.75, 3.05) is 7.05 Å². The van der Waals surface area contributed by atoms with Crippen LogP contribution in [0.3, 0.4) is 0 Å². The lowest BCUT2D eigenvalue weighted by molar-refractivity contribution is 0.439. The molecule has 0 aliphatic rings. The van der Waals surface area contributed by atoms with Crippen LogP contribution in [-0.2, 0) is 0 Å². The third-order valence-corrected chi connectivity index (χ3v) is 1.15. The highest BCUT2D eigenvalue weighted by Gasteiger charge is 1.96. The zero-order chi connectivity index (χ0) is 8.10. The summed E-state index contributed by atoms with van der Waals surface area (Å²) < 4.78 is 4.94. The fourth-order valence-corrected chi connectivity index (χ4v) is 0.666. The third-order valence-electron chi connectivity index (χ3n) is 1.15. The number of phenolic OH excluding ortho intramolecular Hbond substituents is 1. The molecule has 58 valence electrons. The smallest absolute Gasteiger partial charge is 0.176 e. The Labute approximate surface area is 65.0 Å². The van der Waals surface area contributed by atoms with Gasteiger partial charge in [0.1, 0.15) is 0 Å². The van der Waals surface area contributed by atoms with Crippen LogP contribution in [0.1, 0.15) is 0 Å². The zero-order valence-corrected chi connectivity index (χ0v) is 6.19. The molecule has 0 spiro atoms. The number of aromatic hydroxyl groups is 1. The van der Waals surface area contributed by atoms with E-state index in [1.807, 2.05) is 0 Å². The van der Waals surface area contributed by atoms with Gasteiger partial charge >= 0.3 is 0 Å². The normalized spacial score (nSPS) is 10.3. The van der Waals surface area contributed by atoms with Gasteiger partial charge in [-0.25, -0.2) is 0 Å². The summed E-state index contributed by atoms with van der Waals surface area (Å²) in [6.45, 7) is 0. The molecule has 0 aliphatic heterocycles. The van der Waals surface area contributed by atoms with Gasteiger partial charge in [0.05, 0.1) is 0 Å². The Bertz CT molecular complexity index is 258. The van der Waals surface area contributed by atoms with Crippen molar-refractivity contribution in [1.82, 2.24) is 0 Å². The van der Waals surface area contributed by atoms with Gasteiger partial charge in [0.25, 0.3) is 0 Å². The van der Waals surface area contributed by atoms with E-state index in [2.05, 4.69) is 4.99 Å². The van der Waals surface area contributed by atoms with Gasteiger partial charge in [0, 0.05) is 7.05 Å². The van der Waals surface area contributed by atoms with Crippen LogP contribution in [0.4, 0.5) is 0 Å². The van der Waals surface area contributed by atoms with Crippen LogP contribution in [0.2, 0.25) is 0 Å². The molecule has 1 aromatic rings. The first-order valence-electron chi connectivity index (χ1n) is 3.20. The number of aliphatic imine (C=N–C) groups is 1. The van der Waals surface area contributed by atoms with Crippen molar-refractivity contribution in [3.63, 3.8) is 0 Å². The fraction of sp³-hybridized carbons (Fsp3) is 0.125. The highest BCUT2D eigenvalue weighted by Crippen LogP contribution is 2.23. The summed E-state index contributed by atoms with van der Waals surface area (Å²) in [5, 5.41) is 9.15. The first-order valence-corrected chi connectivity index (χ1v) is 3.20. The molecule has 1 rings (SSSR count). The first kappa shape index (κ1) is 7.60. The molecule has 0 unspecified atom stereocenters. The number of hydrogen-bond acceptors (Lipinski definition) is 3. The highest BCUT2D eigenvalue weighted by atomic mass is 16.5. The minimum Gasteiger partial charge on any atom is -0.504 e. The van der Waals surface area contributed by atoms with E-state index in [1.54, 1.807) is 31.3 Å². The lowest BCUT2D eigenvalue weighted by Gasteiger charge is -1.99. The average Bonchev–Trinajstić information content (AvgIpc) is 2.03. The Kier molecular flexibility index (Phi) is 2.49. The Morgan fingerprint density at radius 3 is 2.82 bits per heavy atom. The number of phenols is 1. The standard InChI is InChI=1S/C8H9NO2/c1-9-6-11-8-5-3-2-4-7(8)10/h2-6,10H,1H3. The number of para-hydroxylation sites is 2. The van der Waals surface area contributed by atoms with E-state index in [1.165, 1.54) is 6.40 Å². The monoisotopic (exact) mass is 151 g/mol. The van der Waals surface area contributed by atoms with Crippen LogP contribution < -0.4 is 4.74 Å². The molecule has 0 amide bonds. The summed E-state index contributed by atoms with van der Waals surface area (Å²) >= 11 is 0. The molecule has 0 aromatic heterocycles. The van der Waals surface area contributed by atoms with E-state index < -0.39 is 0 Å². The number of benzene rings is 1. The van der Waals surface area contributed by atoms with Crippen LogP contribution in [0.25, 0.3) is 0 Å². The second-order valence-corrected chi connectivity index (χ2v) is 1.95. The molecular weight excluding hydrogens is 142 g/mol. The van der Waals surface area contributed by atoms with Gasteiger partial charge in [-0.2, -0.15) is 0 Å². The summed E-state index contributed by atoms with van der Waals surface area (Å²) in [5.74, 6) is 0.533. The van der Waals surface area contributed by atoms with E-state index >= 15 is 0 Å². The van der Waals surface area contributed by atoms with E-state index in [9.17, 15) is 0 Å². The number of rotatable bonds is 2. The molecule has 0 saturated heterocycles. The maximum atomic E-state index is 9.15. The van der Waals surface area contributed by atoms with E-state index in [0.717, 1.165) is 0 Å². The first-order chi connectivity index (χ1) is 5.34. The van der Waals surface area contributed by atoms with Crippen molar-refractivity contribution in [3.05, 3.63) is 24.3 Å². The summed E-state index contributed by atoms with van der Waals surface area (Å²) in [4.78, 5) is 3.61. The predicted octanol–water partition coefficient (Wildman–Crippen LogP) is 1.43. The summed E-state index contributed by atoms with van der Waals surface area (Å²) in [6.07, 6.45) is 1.27. The molecule has 0 bridgehead atoms. The molecule has 3 nitrogen and oxygen atoms in total. The molecule has 11 heavy (non-hydrogen) atoms. The van der Waals surface area contributed by atoms with Crippen molar-refractivity contribution in [3.8, 4) is 11.5 Å². The molecule has 0 atom stereocenters. The minimum atomic E-state index is 0.118. The summed E-state index contributed by atoms with van der Waals surface area (Å²) in [7, 11) is 1.60. The maximum absolute atomic E-state index is 9.15.